The number of pyridine rings is 1. The number of aromatic nitrogens is 1. The normalized spacial score (nSPS) is 24.4. The van der Waals surface area contributed by atoms with Crippen molar-refractivity contribution in [3.8, 4) is 0 Å². The van der Waals surface area contributed by atoms with Gasteiger partial charge in [-0.1, -0.05) is 9.39 Å². The highest BCUT2D eigenvalue weighted by Gasteiger charge is 2.65. The summed E-state index contributed by atoms with van der Waals surface area (Å²) in [5.41, 5.74) is -0.735. The lowest BCUT2D eigenvalue weighted by atomic mass is 9.30. The maximum atomic E-state index is 13.5. The maximum absolute atomic E-state index is 13.5. The van der Waals surface area contributed by atoms with E-state index in [0.717, 1.165) is 0 Å². The van der Waals surface area contributed by atoms with E-state index in [-0.39, 0.29) is 5.82 Å². The number of hydrogen-bond donors (Lipinski definition) is 1. The molecule has 2 atom stereocenters. The van der Waals surface area contributed by atoms with Crippen LogP contribution in [0.4, 0.5) is 16.3 Å². The van der Waals surface area contributed by atoms with Crippen molar-refractivity contribution in [1.29, 1.82) is 0 Å². The number of carbonyl (C=O) groups is 1. The highest BCUT2D eigenvalue weighted by atomic mass is 31.0. The van der Waals surface area contributed by atoms with Gasteiger partial charge in [-0.2, -0.15) is 0 Å². The predicted molar refractivity (Wildman–Crippen MR) is 145 cm³/mol. The van der Waals surface area contributed by atoms with Gasteiger partial charge in [0.25, 0.3) is 0 Å². The number of anilines is 1. The molecule has 0 spiro atoms. The third-order valence-electron chi connectivity index (χ3n) is 6.85. The molecule has 1 N–H and O–H groups in total. The number of carbonyl (C=O) groups excluding carboxylic acids is 1. The molecule has 0 aliphatic carbocycles. The van der Waals surface area contributed by atoms with Gasteiger partial charge in [0.2, 0.25) is 0 Å². The zero-order chi connectivity index (χ0) is 24.2. The van der Waals surface area contributed by atoms with Gasteiger partial charge in [0.1, 0.15) is 52.7 Å². The molecular formula is C14H29B7N5O4P. The molecule has 1 amide bonds. The molecule has 1 fully saturated rings. The Morgan fingerprint density at radius 1 is 1.13 bits per heavy atom. The quantitative estimate of drug-likeness (QED) is 0.218. The van der Waals surface area contributed by atoms with Crippen molar-refractivity contribution in [3.63, 3.8) is 0 Å². The molecule has 0 radical (unpaired) electrons. The highest BCUT2D eigenvalue weighted by molar-refractivity contribution is 7.14. The van der Waals surface area contributed by atoms with Crippen LogP contribution in [0.15, 0.2) is 18.3 Å². The van der Waals surface area contributed by atoms with Crippen molar-refractivity contribution in [2.45, 2.75) is 47.9 Å². The Morgan fingerprint density at radius 3 is 2.06 bits per heavy atom. The molecule has 2 unspecified atom stereocenters. The Bertz CT molecular complexity index is 883. The molecule has 0 bridgehead atoms. The first-order valence-electron chi connectivity index (χ1n) is 10.3. The van der Waals surface area contributed by atoms with Gasteiger partial charge < -0.3 is 24.7 Å². The zero-order valence-corrected chi connectivity index (χ0v) is 21.4. The largest absolute Gasteiger partial charge is 0.444 e. The van der Waals surface area contributed by atoms with Crippen LogP contribution in [-0.4, -0.2) is 103 Å². The lowest BCUT2D eigenvalue weighted by molar-refractivity contribution is -0.389. The van der Waals surface area contributed by atoms with Crippen LogP contribution >= 0.6 is 9.39 Å². The zero-order valence-electron chi connectivity index (χ0n) is 20.2. The number of hydrogen-bond acceptors (Lipinski definition) is 7. The van der Waals surface area contributed by atoms with E-state index < -0.39 is 38.2 Å². The number of ether oxygens (including phenoxy) is 1. The minimum absolute atomic E-state index is 0.215. The number of nitro groups is 1. The SMILES string of the molecule is BC1(B)N(C(=O)OC(C)(C)C)C(B)(B)C(B)(NP)N(c2ccc([N+](=O)[O-])nc2)C1(B)B. The molecule has 2 rings (SSSR count). The number of nitrogens with zero attached hydrogens (tertiary/aromatic N) is 4. The fraction of sp³-hybridized carbons (Fsp3) is 0.571. The summed E-state index contributed by atoms with van der Waals surface area (Å²) in [6.45, 7) is 5.55. The van der Waals surface area contributed by atoms with Gasteiger partial charge in [-0.25, -0.2) is 4.79 Å². The van der Waals surface area contributed by atoms with Crippen LogP contribution in [0.2, 0.25) is 0 Å². The van der Waals surface area contributed by atoms with Crippen LogP contribution in [0, 0.1) is 10.1 Å². The van der Waals surface area contributed by atoms with E-state index in [4.69, 9.17) is 4.74 Å². The van der Waals surface area contributed by atoms with Crippen molar-refractivity contribution < 1.29 is 14.5 Å². The molecule has 9 nitrogen and oxygen atoms in total. The first-order valence-corrected chi connectivity index (χ1v) is 10.8. The minimum atomic E-state index is -0.800. The Balaban J connectivity index is 2.73. The Labute approximate surface area is 192 Å². The van der Waals surface area contributed by atoms with E-state index >= 15 is 0 Å². The van der Waals surface area contributed by atoms with E-state index in [1.54, 1.807) is 11.0 Å². The van der Waals surface area contributed by atoms with Gasteiger partial charge in [0.15, 0.2) is 14.0 Å². The number of rotatable bonds is 3. The first-order chi connectivity index (χ1) is 13.8. The monoisotopic (exact) mass is 439 g/mol. The first kappa shape index (κ1) is 25.7. The van der Waals surface area contributed by atoms with E-state index in [9.17, 15) is 14.9 Å². The maximum Gasteiger partial charge on any atom is 0.408 e. The summed E-state index contributed by atoms with van der Waals surface area (Å²) in [6, 6.07) is 3.09. The van der Waals surface area contributed by atoms with Crippen LogP contribution in [0.25, 0.3) is 0 Å². The van der Waals surface area contributed by atoms with Crippen LogP contribution in [-0.2, 0) is 4.74 Å². The van der Waals surface area contributed by atoms with Gasteiger partial charge >= 0.3 is 11.9 Å². The fourth-order valence-corrected chi connectivity index (χ4v) is 4.98. The third kappa shape index (κ3) is 4.02. The molecule has 1 aliphatic heterocycles. The van der Waals surface area contributed by atoms with Gasteiger partial charge in [0, 0.05) is 11.4 Å². The number of piperazine rings is 1. The molecule has 17 heteroatoms. The molecule has 160 valence electrons. The smallest absolute Gasteiger partial charge is 0.408 e. The number of nitrogens with one attached hydrogen (secondary N) is 1. The summed E-state index contributed by atoms with van der Waals surface area (Å²) in [5.74, 6) is -0.215. The van der Waals surface area contributed by atoms with Crippen molar-refractivity contribution >= 4 is 81.9 Å². The highest BCUT2D eigenvalue weighted by Crippen LogP contribution is 2.46. The lowest BCUT2D eigenvalue weighted by Gasteiger charge is -2.74. The fourth-order valence-electron chi connectivity index (χ4n) is 4.50. The molecule has 1 aromatic heterocycles. The molecule has 0 saturated carbocycles. The molecule has 2 heterocycles. The van der Waals surface area contributed by atoms with Gasteiger partial charge in [-0.15, -0.1) is 0 Å². The number of amides is 1. The summed E-state index contributed by atoms with van der Waals surface area (Å²) < 4.78 is 5.81. The van der Waals surface area contributed by atoms with Crippen molar-refractivity contribution in [2.75, 3.05) is 4.90 Å². The molecule has 1 aromatic rings. The summed E-state index contributed by atoms with van der Waals surface area (Å²) in [4.78, 5) is 32.0. The van der Waals surface area contributed by atoms with Crippen molar-refractivity contribution in [3.05, 3.63) is 28.4 Å². The second-order valence-electron chi connectivity index (χ2n) is 10.7. The third-order valence-corrected chi connectivity index (χ3v) is 7.41. The van der Waals surface area contributed by atoms with Crippen LogP contribution in [0.5, 0.6) is 0 Å². The molecule has 1 saturated heterocycles. The average molecular weight is 438 g/mol. The standard InChI is InChI=1S/C14H29B7N5O4P/c1-10(2,3)30-9(27)25-12(17,18)11(15,16)24(14(21,23-31)13(25,19)20)7-4-5-8(22-6-7)26(28)29/h4-6,23H,15-21,31H2,1-3H3. The molecular weight excluding hydrogens is 409 g/mol. The summed E-state index contributed by atoms with van der Waals surface area (Å²) in [7, 11) is 16.6. The van der Waals surface area contributed by atoms with Gasteiger partial charge in [-0.3, -0.25) is 5.09 Å². The second-order valence-corrected chi connectivity index (χ2v) is 11.0. The average Bonchev–Trinajstić information content (AvgIpc) is 2.58. The lowest BCUT2D eigenvalue weighted by Crippen LogP contribution is -2.94. The molecule has 1 aliphatic rings. The van der Waals surface area contributed by atoms with Crippen molar-refractivity contribution in [1.82, 2.24) is 15.0 Å². The van der Waals surface area contributed by atoms with Crippen LogP contribution in [0.3, 0.4) is 0 Å². The molecule has 0 aromatic carbocycles. The molecule has 31 heavy (non-hydrogen) atoms. The van der Waals surface area contributed by atoms with Crippen LogP contribution < -0.4 is 9.99 Å². The van der Waals surface area contributed by atoms with Crippen molar-refractivity contribution in [2.24, 2.45) is 0 Å². The van der Waals surface area contributed by atoms with E-state index in [2.05, 4.69) is 24.4 Å². The summed E-state index contributed by atoms with van der Waals surface area (Å²) >= 11 is 0. The Kier molecular flexibility index (Phi) is 6.47. The van der Waals surface area contributed by atoms with E-state index in [1.807, 2.05) is 75.7 Å². The van der Waals surface area contributed by atoms with Gasteiger partial charge in [0.05, 0.1) is 11.2 Å². The van der Waals surface area contributed by atoms with E-state index in [0.29, 0.717) is 5.69 Å². The summed E-state index contributed by atoms with van der Waals surface area (Å²) in [5, 5.41) is 12.3. The Hall–Kier alpha value is -1.54. The topological polar surface area (TPSA) is 101 Å². The van der Waals surface area contributed by atoms with Crippen LogP contribution in [0.1, 0.15) is 20.8 Å². The second kappa shape index (κ2) is 7.80. The minimum Gasteiger partial charge on any atom is -0.444 e. The summed E-state index contributed by atoms with van der Waals surface area (Å²) in [6.07, 6.45) is 1.11. The van der Waals surface area contributed by atoms with Gasteiger partial charge in [-0.05, 0) is 47.4 Å². The Morgan fingerprint density at radius 2 is 1.68 bits per heavy atom. The van der Waals surface area contributed by atoms with E-state index in [1.165, 1.54) is 12.3 Å². The predicted octanol–water partition coefficient (Wildman–Crippen LogP) is -5.53.